The van der Waals surface area contributed by atoms with E-state index >= 15 is 0 Å². The molecule has 1 aromatic carbocycles. The smallest absolute Gasteiger partial charge is 0.465 e. The fourth-order valence-electron chi connectivity index (χ4n) is 3.36. The second-order valence-corrected chi connectivity index (χ2v) is 9.21. The summed E-state index contributed by atoms with van der Waals surface area (Å²) in [6.07, 6.45) is -0.230. The largest absolute Gasteiger partial charge is 0.494 e. The third kappa shape index (κ3) is 4.23. The Balaban J connectivity index is 2.10. The third-order valence-corrected chi connectivity index (χ3v) is 5.41. The van der Waals surface area contributed by atoms with E-state index in [0.717, 1.165) is 11.0 Å². The molecule has 1 saturated heterocycles. The number of carboxylic acid groups (broad SMARTS) is 1. The van der Waals surface area contributed by atoms with E-state index in [-0.39, 0.29) is 24.4 Å². The normalized spacial score (nSPS) is 20.1. The molecule has 1 N–H and O–H groups in total. The molecule has 0 radical (unpaired) electrons. The summed E-state index contributed by atoms with van der Waals surface area (Å²) in [6, 6.07) is 7.95. The molecule has 1 heterocycles. The zero-order valence-corrected chi connectivity index (χ0v) is 17.3. The van der Waals surface area contributed by atoms with Crippen LogP contribution in [0, 0.1) is 0 Å². The molecule has 0 saturated carbocycles. The number of hydrogen-bond acceptors (Lipinski definition) is 3. The molecule has 6 heteroatoms. The molecule has 2 rings (SSSR count). The van der Waals surface area contributed by atoms with Gasteiger partial charge in [-0.15, -0.1) is 0 Å². The van der Waals surface area contributed by atoms with Crippen LogP contribution in [0.1, 0.15) is 61.0 Å². The molecule has 1 aliphatic rings. The highest BCUT2D eigenvalue weighted by Crippen LogP contribution is 2.36. The minimum absolute atomic E-state index is 0.116. The molecule has 1 fully saturated rings. The summed E-state index contributed by atoms with van der Waals surface area (Å²) >= 11 is 0. The van der Waals surface area contributed by atoms with Crippen molar-refractivity contribution >= 4 is 18.7 Å². The minimum atomic E-state index is -0.890. The van der Waals surface area contributed by atoms with E-state index < -0.39 is 11.6 Å². The average Bonchev–Trinajstić information content (AvgIpc) is 2.66. The monoisotopic (exact) mass is 361 g/mol. The average molecular weight is 361 g/mol. The van der Waals surface area contributed by atoms with Crippen molar-refractivity contribution in [2.75, 3.05) is 0 Å². The van der Waals surface area contributed by atoms with Crippen LogP contribution < -0.4 is 5.46 Å². The third-order valence-electron chi connectivity index (χ3n) is 5.41. The van der Waals surface area contributed by atoms with Gasteiger partial charge in [0.25, 0.3) is 0 Å². The van der Waals surface area contributed by atoms with E-state index in [4.69, 9.17) is 9.31 Å². The van der Waals surface area contributed by atoms with Crippen LogP contribution in [0.5, 0.6) is 0 Å². The van der Waals surface area contributed by atoms with Crippen LogP contribution in [-0.4, -0.2) is 46.0 Å². The van der Waals surface area contributed by atoms with Crippen LogP contribution in [-0.2, 0) is 15.7 Å². The molecular weight excluding hydrogens is 329 g/mol. The van der Waals surface area contributed by atoms with E-state index in [9.17, 15) is 9.90 Å². The molecule has 0 aliphatic carbocycles. The lowest BCUT2D eigenvalue weighted by molar-refractivity contribution is 0.00578. The Bertz CT molecular complexity index is 633. The standard InChI is InChI=1S/C20H32BNO4/c1-14(22(17(23)24)18(2,3)4)13-15-9-11-16(12-10-15)21-25-19(5,6)20(7,8)26-21/h9-12,14H,13H2,1-8H3,(H,23,24). The predicted octanol–water partition coefficient (Wildman–Crippen LogP) is 3.70. The first-order valence-electron chi connectivity index (χ1n) is 9.21. The van der Waals surface area contributed by atoms with E-state index in [1.165, 1.54) is 4.90 Å². The van der Waals surface area contributed by atoms with E-state index in [1.54, 1.807) is 0 Å². The topological polar surface area (TPSA) is 59.0 Å². The van der Waals surface area contributed by atoms with E-state index in [2.05, 4.69) is 0 Å². The van der Waals surface area contributed by atoms with E-state index in [0.29, 0.717) is 6.42 Å². The molecule has 26 heavy (non-hydrogen) atoms. The first-order valence-corrected chi connectivity index (χ1v) is 9.21. The van der Waals surface area contributed by atoms with Gasteiger partial charge in [-0.3, -0.25) is 0 Å². The lowest BCUT2D eigenvalue weighted by atomic mass is 9.78. The highest BCUT2D eigenvalue weighted by Gasteiger charge is 2.51. The Morgan fingerprint density at radius 3 is 1.96 bits per heavy atom. The van der Waals surface area contributed by atoms with Gasteiger partial charge in [0.2, 0.25) is 0 Å². The number of benzene rings is 1. The summed E-state index contributed by atoms with van der Waals surface area (Å²) in [5.41, 5.74) is 0.909. The maximum Gasteiger partial charge on any atom is 0.494 e. The number of nitrogens with zero attached hydrogens (tertiary/aromatic N) is 1. The molecule has 5 nitrogen and oxygen atoms in total. The van der Waals surface area contributed by atoms with Crippen LogP contribution >= 0.6 is 0 Å². The van der Waals surface area contributed by atoms with Crippen molar-refractivity contribution in [2.45, 2.75) is 84.6 Å². The Labute approximate surface area is 157 Å². The molecule has 144 valence electrons. The van der Waals surface area contributed by atoms with Gasteiger partial charge in [-0.05, 0) is 72.8 Å². The number of carbonyl (C=O) groups is 1. The molecule has 0 aromatic heterocycles. The summed E-state index contributed by atoms with van der Waals surface area (Å²) < 4.78 is 12.2. The first kappa shape index (κ1) is 20.8. The van der Waals surface area contributed by atoms with Crippen molar-refractivity contribution in [2.24, 2.45) is 0 Å². The van der Waals surface area contributed by atoms with Crippen molar-refractivity contribution < 1.29 is 19.2 Å². The summed E-state index contributed by atoms with van der Waals surface area (Å²) in [7, 11) is -0.378. The molecular formula is C20H32BNO4. The summed E-state index contributed by atoms with van der Waals surface area (Å²) in [4.78, 5) is 13.1. The quantitative estimate of drug-likeness (QED) is 0.831. The SMILES string of the molecule is CC(Cc1ccc(B2OC(C)(C)C(C)(C)O2)cc1)N(C(=O)O)C(C)(C)C. The van der Waals surface area contributed by atoms with Crippen molar-refractivity contribution in [1.82, 2.24) is 4.90 Å². The second-order valence-electron chi connectivity index (χ2n) is 9.21. The molecule has 1 aliphatic heterocycles. The van der Waals surface area contributed by atoms with Gasteiger partial charge in [-0.1, -0.05) is 24.3 Å². The van der Waals surface area contributed by atoms with Gasteiger partial charge in [-0.25, -0.2) is 4.79 Å². The Kier molecular flexibility index (Phi) is 5.51. The van der Waals surface area contributed by atoms with Crippen LogP contribution in [0.3, 0.4) is 0 Å². The van der Waals surface area contributed by atoms with Gasteiger partial charge in [0.1, 0.15) is 0 Å². The highest BCUT2D eigenvalue weighted by atomic mass is 16.7. The van der Waals surface area contributed by atoms with Crippen LogP contribution in [0.4, 0.5) is 4.79 Å². The van der Waals surface area contributed by atoms with Crippen molar-refractivity contribution in [1.29, 1.82) is 0 Å². The molecule has 0 spiro atoms. The summed E-state index contributed by atoms with van der Waals surface area (Å²) in [5.74, 6) is 0. The number of rotatable bonds is 4. The van der Waals surface area contributed by atoms with Crippen molar-refractivity contribution in [3.63, 3.8) is 0 Å². The molecule has 1 unspecified atom stereocenters. The van der Waals surface area contributed by atoms with Crippen LogP contribution in [0.25, 0.3) is 0 Å². The molecule has 1 aromatic rings. The van der Waals surface area contributed by atoms with Gasteiger partial charge < -0.3 is 19.3 Å². The maximum atomic E-state index is 11.6. The Hall–Kier alpha value is -1.53. The fourth-order valence-corrected chi connectivity index (χ4v) is 3.36. The summed E-state index contributed by atoms with van der Waals surface area (Å²) in [5, 5.41) is 9.54. The van der Waals surface area contributed by atoms with Gasteiger partial charge in [0.15, 0.2) is 0 Å². The highest BCUT2D eigenvalue weighted by molar-refractivity contribution is 6.62. The van der Waals surface area contributed by atoms with Crippen LogP contribution in [0.15, 0.2) is 24.3 Å². The lowest BCUT2D eigenvalue weighted by Crippen LogP contribution is -2.50. The van der Waals surface area contributed by atoms with Gasteiger partial charge >= 0.3 is 13.2 Å². The number of amides is 1. The number of hydrogen-bond donors (Lipinski definition) is 1. The van der Waals surface area contributed by atoms with Crippen LogP contribution in [0.2, 0.25) is 0 Å². The molecule has 1 amide bonds. The molecule has 0 bridgehead atoms. The van der Waals surface area contributed by atoms with Gasteiger partial charge in [0, 0.05) is 11.6 Å². The minimum Gasteiger partial charge on any atom is -0.465 e. The molecule has 1 atom stereocenters. The van der Waals surface area contributed by atoms with Gasteiger partial charge in [-0.2, -0.15) is 0 Å². The fraction of sp³-hybridized carbons (Fsp3) is 0.650. The van der Waals surface area contributed by atoms with Crippen molar-refractivity contribution in [3.8, 4) is 0 Å². The Morgan fingerprint density at radius 1 is 1.12 bits per heavy atom. The second kappa shape index (κ2) is 6.89. The lowest BCUT2D eigenvalue weighted by Gasteiger charge is -2.38. The van der Waals surface area contributed by atoms with Crippen molar-refractivity contribution in [3.05, 3.63) is 29.8 Å². The Morgan fingerprint density at radius 2 is 1.58 bits per heavy atom. The maximum absolute atomic E-state index is 11.6. The zero-order valence-electron chi connectivity index (χ0n) is 17.3. The van der Waals surface area contributed by atoms with Gasteiger partial charge in [0.05, 0.1) is 11.2 Å². The van der Waals surface area contributed by atoms with E-state index in [1.807, 2.05) is 79.7 Å². The predicted molar refractivity (Wildman–Crippen MR) is 105 cm³/mol. The zero-order chi connectivity index (χ0) is 19.9. The summed E-state index contributed by atoms with van der Waals surface area (Å²) in [6.45, 7) is 15.8. The first-order chi connectivity index (χ1) is 11.7.